The molecule has 0 bridgehead atoms. The number of nitrogens with zero attached hydrogens (tertiary/aromatic N) is 4. The molecule has 2 amide bonds. The number of anilines is 1. The zero-order valence-electron chi connectivity index (χ0n) is 14.8. The van der Waals surface area contributed by atoms with Crippen LogP contribution in [0.5, 0.6) is 0 Å². The second-order valence-electron chi connectivity index (χ2n) is 6.66. The van der Waals surface area contributed by atoms with Crippen LogP contribution in [-0.4, -0.2) is 69.7 Å². The van der Waals surface area contributed by atoms with Crippen LogP contribution < -0.4 is 20.5 Å². The van der Waals surface area contributed by atoms with Gasteiger partial charge in [0.2, 0.25) is 5.91 Å². The lowest BCUT2D eigenvalue weighted by Gasteiger charge is -2.25. The molecule has 0 radical (unpaired) electrons. The van der Waals surface area contributed by atoms with Crippen molar-refractivity contribution in [2.45, 2.75) is 37.3 Å². The molecular weight excluding hydrogens is 408 g/mol. The molecule has 156 valence electrons. The van der Waals surface area contributed by atoms with Gasteiger partial charge in [-0.3, -0.25) is 14.2 Å². The molecule has 2 fully saturated rings. The van der Waals surface area contributed by atoms with E-state index in [0.717, 1.165) is 0 Å². The third-order valence-electron chi connectivity index (χ3n) is 4.65. The number of nitrogens with one attached hydrogen (secondary N) is 3. The summed E-state index contributed by atoms with van der Waals surface area (Å²) in [5.74, 6) is -0.969. The maximum Gasteiger partial charge on any atom is 0.301 e. The Labute approximate surface area is 164 Å². The summed E-state index contributed by atoms with van der Waals surface area (Å²) in [4.78, 5) is 34.7. The van der Waals surface area contributed by atoms with Gasteiger partial charge in [0.1, 0.15) is 24.1 Å². The highest BCUT2D eigenvalue weighted by molar-refractivity contribution is 7.88. The van der Waals surface area contributed by atoms with Crippen molar-refractivity contribution >= 4 is 39.0 Å². The monoisotopic (exact) mass is 426 g/mol. The van der Waals surface area contributed by atoms with E-state index in [1.54, 1.807) is 4.57 Å². The van der Waals surface area contributed by atoms with E-state index in [2.05, 4.69) is 25.0 Å². The molecule has 29 heavy (non-hydrogen) atoms. The largest absolute Gasteiger partial charge is 0.390 e. The van der Waals surface area contributed by atoms with Gasteiger partial charge in [-0.15, -0.1) is 0 Å². The summed E-state index contributed by atoms with van der Waals surface area (Å²) in [5.41, 5.74) is 6.56. The van der Waals surface area contributed by atoms with E-state index in [1.807, 2.05) is 4.72 Å². The van der Waals surface area contributed by atoms with Crippen LogP contribution >= 0.6 is 0 Å². The van der Waals surface area contributed by atoms with Gasteiger partial charge < -0.3 is 20.9 Å². The molecule has 4 atom stereocenters. The fourth-order valence-electron chi connectivity index (χ4n) is 3.10. The lowest BCUT2D eigenvalue weighted by atomic mass is 10.1. The minimum atomic E-state index is -4.19. The average Bonchev–Trinajstić information content (AvgIpc) is 3.21. The Hall–Kier alpha value is -2.88. The predicted molar refractivity (Wildman–Crippen MR) is 95.9 cm³/mol. The zero-order valence-corrected chi connectivity index (χ0v) is 15.7. The number of aromatic nitrogens is 4. The molecule has 6 N–H and O–H groups in total. The lowest BCUT2D eigenvalue weighted by molar-refractivity contribution is -0.136. The number of ether oxygens (including phenoxy) is 1. The van der Waals surface area contributed by atoms with Crippen LogP contribution in [0.1, 0.15) is 19.1 Å². The minimum absolute atomic E-state index is 0.0690. The van der Waals surface area contributed by atoms with Gasteiger partial charge >= 0.3 is 10.2 Å². The number of rotatable bonds is 6. The lowest BCUT2D eigenvalue weighted by Crippen LogP contribution is -2.59. The smallest absolute Gasteiger partial charge is 0.301 e. The van der Waals surface area contributed by atoms with E-state index < -0.39 is 40.6 Å². The van der Waals surface area contributed by atoms with Crippen LogP contribution in [0, 0.1) is 0 Å². The number of β-lactam (4-membered cyclic amide) rings is 1. The van der Waals surface area contributed by atoms with E-state index in [0.29, 0.717) is 11.2 Å². The van der Waals surface area contributed by atoms with Crippen LogP contribution in [0.4, 0.5) is 5.82 Å². The van der Waals surface area contributed by atoms with E-state index in [9.17, 15) is 23.1 Å². The number of imidazole rings is 1. The number of carbonyl (C=O) groups excluding carboxylic acids is 2. The van der Waals surface area contributed by atoms with Gasteiger partial charge in [-0.1, -0.05) is 0 Å². The number of nitrogen functional groups attached to an aromatic ring is 1. The average molecular weight is 426 g/mol. The maximum atomic E-state index is 12.0. The Bertz CT molecular complexity index is 1060. The number of carbonyl (C=O) groups is 2. The number of aliphatic hydroxyl groups is 1. The first-order valence-corrected chi connectivity index (χ1v) is 10.1. The van der Waals surface area contributed by atoms with Crippen molar-refractivity contribution in [3.05, 3.63) is 12.7 Å². The zero-order chi connectivity index (χ0) is 20.8. The third kappa shape index (κ3) is 3.84. The molecule has 4 heterocycles. The number of hydrogen-bond donors (Lipinski definition) is 5. The molecule has 0 aromatic carbocycles. The van der Waals surface area contributed by atoms with Gasteiger partial charge in [0.15, 0.2) is 11.5 Å². The van der Waals surface area contributed by atoms with E-state index in [4.69, 9.17) is 10.5 Å². The van der Waals surface area contributed by atoms with Crippen molar-refractivity contribution in [1.82, 2.24) is 34.3 Å². The quantitative estimate of drug-likeness (QED) is 0.294. The molecule has 0 saturated carbocycles. The second kappa shape index (κ2) is 7.18. The molecule has 2 saturated heterocycles. The highest BCUT2D eigenvalue weighted by Gasteiger charge is 2.37. The minimum Gasteiger partial charge on any atom is -0.390 e. The molecule has 2 aromatic rings. The molecule has 2 aliphatic heterocycles. The summed E-state index contributed by atoms with van der Waals surface area (Å²) >= 11 is 0. The van der Waals surface area contributed by atoms with Gasteiger partial charge in [-0.2, -0.15) is 13.1 Å². The maximum absolute atomic E-state index is 12.0. The summed E-state index contributed by atoms with van der Waals surface area (Å²) in [5, 5.41) is 12.5. The summed E-state index contributed by atoms with van der Waals surface area (Å²) in [7, 11) is -4.19. The van der Waals surface area contributed by atoms with Crippen molar-refractivity contribution in [2.24, 2.45) is 0 Å². The Kier molecular flexibility index (Phi) is 4.81. The van der Waals surface area contributed by atoms with Gasteiger partial charge in [-0.25, -0.2) is 19.7 Å². The van der Waals surface area contributed by atoms with Crippen LogP contribution in [0.25, 0.3) is 11.2 Å². The number of fused-ring (bicyclic) bond motifs is 1. The highest BCUT2D eigenvalue weighted by Crippen LogP contribution is 2.31. The number of nitrogens with two attached hydrogens (primary N) is 1. The van der Waals surface area contributed by atoms with Gasteiger partial charge in [0.05, 0.1) is 25.0 Å². The molecular formula is C14H18N8O6S. The van der Waals surface area contributed by atoms with E-state index in [1.165, 1.54) is 12.7 Å². The fraction of sp³-hybridized carbons (Fsp3) is 0.500. The van der Waals surface area contributed by atoms with E-state index >= 15 is 0 Å². The molecule has 14 nitrogen and oxygen atoms in total. The first-order chi connectivity index (χ1) is 13.7. The highest BCUT2D eigenvalue weighted by atomic mass is 32.2. The Morgan fingerprint density at radius 1 is 1.41 bits per heavy atom. The summed E-state index contributed by atoms with van der Waals surface area (Å²) in [6.07, 6.45) is 0.349. The topological polar surface area (TPSA) is 203 Å². The first-order valence-electron chi connectivity index (χ1n) is 8.60. The fourth-order valence-corrected chi connectivity index (χ4v) is 3.96. The predicted octanol–water partition coefficient (Wildman–Crippen LogP) is -3.10. The molecule has 2 aliphatic rings. The Balaban J connectivity index is 1.37. The molecule has 0 spiro atoms. The molecule has 15 heteroatoms. The SMILES string of the molecule is Nc1ncnc2c1ncn2[C@H]1C[C@@H](O)[C@@H](CNS(=O)(=O)NC(=O)[C@@H]2CC(=O)N2)O1. The van der Waals surface area contributed by atoms with Gasteiger partial charge in [0, 0.05) is 13.0 Å². The Morgan fingerprint density at radius 2 is 2.17 bits per heavy atom. The standard InChI is InChI=1S/C14H18N8O6S/c15-12-11-13(17-4-16-12)22(5-18-11)10-2-7(23)8(28-10)3-19-29(26,27)21-14(25)6-1-9(24)20-6/h4-8,10,19,23H,1-3H2,(H,20,24)(H,21,25)(H2,15,16,17)/t6-,7+,8+,10+/m0/s1. The number of amides is 2. The Morgan fingerprint density at radius 3 is 2.90 bits per heavy atom. The second-order valence-corrected chi connectivity index (χ2v) is 8.16. The summed E-state index contributed by atoms with van der Waals surface area (Å²) in [6, 6.07) is -0.874. The van der Waals surface area contributed by atoms with Gasteiger partial charge in [-0.05, 0) is 0 Å². The van der Waals surface area contributed by atoms with E-state index in [-0.39, 0.29) is 31.1 Å². The van der Waals surface area contributed by atoms with Crippen LogP contribution in [0.15, 0.2) is 12.7 Å². The normalized spacial score (nSPS) is 26.9. The van der Waals surface area contributed by atoms with Crippen LogP contribution in [0.3, 0.4) is 0 Å². The van der Waals surface area contributed by atoms with Crippen molar-refractivity contribution < 1.29 is 27.9 Å². The van der Waals surface area contributed by atoms with Crippen molar-refractivity contribution in [2.75, 3.05) is 12.3 Å². The summed E-state index contributed by atoms with van der Waals surface area (Å²) in [6.45, 7) is -0.277. The molecule has 0 aliphatic carbocycles. The van der Waals surface area contributed by atoms with Gasteiger partial charge in [0.25, 0.3) is 5.91 Å². The first kappa shape index (κ1) is 19.4. The van der Waals surface area contributed by atoms with Crippen molar-refractivity contribution in [3.63, 3.8) is 0 Å². The molecule has 0 unspecified atom stereocenters. The molecule has 4 rings (SSSR count). The van der Waals surface area contributed by atoms with Crippen LogP contribution in [-0.2, 0) is 24.5 Å². The van der Waals surface area contributed by atoms with Crippen molar-refractivity contribution in [3.8, 4) is 0 Å². The van der Waals surface area contributed by atoms with Crippen LogP contribution in [0.2, 0.25) is 0 Å². The summed E-state index contributed by atoms with van der Waals surface area (Å²) < 4.78 is 35.3. The molecule has 2 aromatic heterocycles. The number of hydrogen-bond acceptors (Lipinski definition) is 10. The number of aliphatic hydroxyl groups excluding tert-OH is 1. The van der Waals surface area contributed by atoms with Crippen molar-refractivity contribution in [1.29, 1.82) is 0 Å². The third-order valence-corrected chi connectivity index (χ3v) is 5.67.